The first-order valence-corrected chi connectivity index (χ1v) is 8.43. The summed E-state index contributed by atoms with van der Waals surface area (Å²) >= 11 is 0. The van der Waals surface area contributed by atoms with Gasteiger partial charge in [0.25, 0.3) is 5.91 Å². The zero-order valence-corrected chi connectivity index (χ0v) is 14.4. The van der Waals surface area contributed by atoms with Crippen molar-refractivity contribution in [2.75, 3.05) is 13.1 Å². The van der Waals surface area contributed by atoms with Gasteiger partial charge >= 0.3 is 5.97 Å². The van der Waals surface area contributed by atoms with Crippen molar-refractivity contribution in [3.05, 3.63) is 47.5 Å². The maximum Gasteiger partial charge on any atom is 0.335 e. The molecule has 0 aliphatic carbocycles. The molecule has 3 rings (SSSR count). The highest BCUT2D eigenvalue weighted by molar-refractivity contribution is 5.95. The summed E-state index contributed by atoms with van der Waals surface area (Å²) in [5.41, 5.74) is 0.00214. The van der Waals surface area contributed by atoms with Crippen molar-refractivity contribution in [2.24, 2.45) is 0 Å². The molecular formula is C18H20FN3O4. The van der Waals surface area contributed by atoms with Crippen molar-refractivity contribution in [3.63, 3.8) is 0 Å². The first kappa shape index (κ1) is 18.1. The Labute approximate surface area is 149 Å². The van der Waals surface area contributed by atoms with E-state index in [1.165, 1.54) is 23.2 Å². The first-order chi connectivity index (χ1) is 12.4. The van der Waals surface area contributed by atoms with E-state index < -0.39 is 11.6 Å². The number of carboxylic acid groups (broad SMARTS) is 1. The number of hydrogen-bond acceptors (Lipinski definition) is 4. The third kappa shape index (κ3) is 3.20. The number of carbonyl (C=O) groups is 2. The zero-order chi connectivity index (χ0) is 18.9. The topological polar surface area (TPSA) is 95.7 Å². The lowest BCUT2D eigenvalue weighted by Crippen LogP contribution is -2.50. The van der Waals surface area contributed by atoms with Gasteiger partial charge in [-0.1, -0.05) is 6.92 Å². The van der Waals surface area contributed by atoms with Gasteiger partial charge in [-0.05, 0) is 30.7 Å². The van der Waals surface area contributed by atoms with Gasteiger partial charge in [0.1, 0.15) is 5.82 Å². The Bertz CT molecular complexity index is 823. The van der Waals surface area contributed by atoms with E-state index in [-0.39, 0.29) is 37.7 Å². The van der Waals surface area contributed by atoms with Crippen LogP contribution in [0.2, 0.25) is 0 Å². The molecule has 0 spiro atoms. The normalized spacial score (nSPS) is 16.5. The summed E-state index contributed by atoms with van der Waals surface area (Å²) in [6.45, 7) is 2.21. The number of aliphatic hydroxyl groups is 1. The fourth-order valence-corrected chi connectivity index (χ4v) is 3.16. The average molecular weight is 361 g/mol. The Kier molecular flexibility index (Phi) is 4.78. The predicted molar refractivity (Wildman–Crippen MR) is 90.6 cm³/mol. The number of aromatic nitrogens is 2. The second-order valence-corrected chi connectivity index (χ2v) is 6.38. The van der Waals surface area contributed by atoms with Gasteiger partial charge in [-0.25, -0.2) is 13.9 Å². The van der Waals surface area contributed by atoms with Crippen LogP contribution in [-0.4, -0.2) is 55.5 Å². The van der Waals surface area contributed by atoms with Crippen molar-refractivity contribution in [1.29, 1.82) is 0 Å². The van der Waals surface area contributed by atoms with Crippen LogP contribution in [0.3, 0.4) is 0 Å². The predicted octanol–water partition coefficient (Wildman–Crippen LogP) is 1.63. The fraction of sp³-hybridized carbons (Fsp3) is 0.389. The number of nitrogens with zero attached hydrogens (tertiary/aromatic N) is 3. The molecule has 1 aliphatic heterocycles. The van der Waals surface area contributed by atoms with Crippen LogP contribution in [0.1, 0.15) is 35.8 Å². The molecule has 1 aromatic carbocycles. The molecule has 1 aromatic heterocycles. The van der Waals surface area contributed by atoms with Crippen molar-refractivity contribution in [2.45, 2.75) is 31.8 Å². The minimum atomic E-state index is -1.78. The molecule has 8 heteroatoms. The Morgan fingerprint density at radius 3 is 2.38 bits per heavy atom. The van der Waals surface area contributed by atoms with Crippen molar-refractivity contribution >= 4 is 11.9 Å². The monoisotopic (exact) mass is 361 g/mol. The molecule has 0 bridgehead atoms. The summed E-state index contributed by atoms with van der Waals surface area (Å²) in [7, 11) is 0. The van der Waals surface area contributed by atoms with Gasteiger partial charge in [0.15, 0.2) is 5.60 Å². The van der Waals surface area contributed by atoms with E-state index >= 15 is 0 Å². The van der Waals surface area contributed by atoms with Gasteiger partial charge in [0.05, 0.1) is 23.1 Å². The second kappa shape index (κ2) is 6.87. The second-order valence-electron chi connectivity index (χ2n) is 6.38. The molecule has 7 nitrogen and oxygen atoms in total. The van der Waals surface area contributed by atoms with Crippen molar-refractivity contribution < 1.29 is 24.2 Å². The molecule has 0 unspecified atom stereocenters. The highest BCUT2D eigenvalue weighted by Crippen LogP contribution is 2.25. The van der Waals surface area contributed by atoms with Crippen molar-refractivity contribution in [1.82, 2.24) is 14.7 Å². The molecule has 1 fully saturated rings. The Morgan fingerprint density at radius 1 is 1.23 bits per heavy atom. The summed E-state index contributed by atoms with van der Waals surface area (Å²) in [4.78, 5) is 25.5. The molecule has 2 heterocycles. The molecule has 1 saturated heterocycles. The number of rotatable bonds is 4. The van der Waals surface area contributed by atoms with Crippen LogP contribution < -0.4 is 0 Å². The van der Waals surface area contributed by atoms with Crippen LogP contribution in [0.15, 0.2) is 30.5 Å². The lowest BCUT2D eigenvalue weighted by Gasteiger charge is -2.35. The van der Waals surface area contributed by atoms with Gasteiger partial charge in [0, 0.05) is 25.9 Å². The molecule has 138 valence electrons. The van der Waals surface area contributed by atoms with E-state index in [1.54, 1.807) is 16.8 Å². The molecule has 26 heavy (non-hydrogen) atoms. The van der Waals surface area contributed by atoms with Gasteiger partial charge in [0.2, 0.25) is 0 Å². The Hall–Kier alpha value is -2.74. The molecule has 0 radical (unpaired) electrons. The van der Waals surface area contributed by atoms with E-state index in [9.17, 15) is 19.1 Å². The lowest BCUT2D eigenvalue weighted by atomic mass is 9.91. The third-order valence-corrected chi connectivity index (χ3v) is 4.78. The lowest BCUT2D eigenvalue weighted by molar-refractivity contribution is -0.162. The fourth-order valence-electron chi connectivity index (χ4n) is 3.16. The average Bonchev–Trinajstić information content (AvgIpc) is 3.06. The number of halogens is 1. The van der Waals surface area contributed by atoms with E-state index in [0.717, 1.165) is 0 Å². The van der Waals surface area contributed by atoms with Gasteiger partial charge in [-0.3, -0.25) is 4.79 Å². The molecule has 2 aromatic rings. The van der Waals surface area contributed by atoms with Crippen LogP contribution in [0.25, 0.3) is 5.69 Å². The SMILES string of the molecule is CCc1c(C(=O)N2CCC(O)(C(=O)O)CC2)cnn1-c1ccc(F)cc1. The quantitative estimate of drug-likeness (QED) is 0.863. The summed E-state index contributed by atoms with van der Waals surface area (Å²) < 4.78 is 14.7. The number of aliphatic carboxylic acids is 1. The van der Waals surface area contributed by atoms with Gasteiger partial charge in [-0.15, -0.1) is 0 Å². The summed E-state index contributed by atoms with van der Waals surface area (Å²) in [5.74, 6) is -1.86. The standard InChI is InChI=1S/C18H20FN3O4/c1-2-15-14(11-20-22(15)13-5-3-12(19)4-6-13)16(23)21-9-7-18(26,8-10-21)17(24)25/h3-6,11,26H,2,7-10H2,1H3,(H,24,25). The number of carbonyl (C=O) groups excluding carboxylic acids is 1. The summed E-state index contributed by atoms with van der Waals surface area (Å²) in [5, 5.41) is 23.3. The van der Waals surface area contributed by atoms with Gasteiger partial charge < -0.3 is 15.1 Å². The van der Waals surface area contributed by atoms with Gasteiger partial charge in [-0.2, -0.15) is 5.10 Å². The maximum atomic E-state index is 13.1. The Balaban J connectivity index is 1.83. The minimum absolute atomic E-state index is 0.0123. The van der Waals surface area contributed by atoms with Crippen LogP contribution >= 0.6 is 0 Å². The zero-order valence-electron chi connectivity index (χ0n) is 14.4. The number of benzene rings is 1. The highest BCUT2D eigenvalue weighted by Gasteiger charge is 2.40. The van der Waals surface area contributed by atoms with Crippen LogP contribution in [0, 0.1) is 5.82 Å². The summed E-state index contributed by atoms with van der Waals surface area (Å²) in [6, 6.07) is 5.83. The molecule has 1 amide bonds. The number of likely N-dealkylation sites (tertiary alicyclic amines) is 1. The van der Waals surface area contributed by atoms with Crippen LogP contribution in [0.4, 0.5) is 4.39 Å². The van der Waals surface area contributed by atoms with E-state index in [0.29, 0.717) is 23.4 Å². The molecule has 0 saturated carbocycles. The number of amides is 1. The van der Waals surface area contributed by atoms with Crippen LogP contribution in [-0.2, 0) is 11.2 Å². The third-order valence-electron chi connectivity index (χ3n) is 4.78. The van der Waals surface area contributed by atoms with E-state index in [4.69, 9.17) is 5.11 Å². The first-order valence-electron chi connectivity index (χ1n) is 8.43. The number of piperidine rings is 1. The van der Waals surface area contributed by atoms with Crippen molar-refractivity contribution in [3.8, 4) is 5.69 Å². The van der Waals surface area contributed by atoms with E-state index in [1.807, 2.05) is 6.92 Å². The number of carboxylic acids is 1. The maximum absolute atomic E-state index is 13.1. The molecule has 1 aliphatic rings. The van der Waals surface area contributed by atoms with Crippen LogP contribution in [0.5, 0.6) is 0 Å². The molecule has 0 atom stereocenters. The highest BCUT2D eigenvalue weighted by atomic mass is 19.1. The minimum Gasteiger partial charge on any atom is -0.479 e. The Morgan fingerprint density at radius 2 is 1.85 bits per heavy atom. The van der Waals surface area contributed by atoms with E-state index in [2.05, 4.69) is 5.10 Å². The smallest absolute Gasteiger partial charge is 0.335 e. The molecular weight excluding hydrogens is 341 g/mol. The molecule has 2 N–H and O–H groups in total. The number of hydrogen-bond donors (Lipinski definition) is 2. The summed E-state index contributed by atoms with van der Waals surface area (Å²) in [6.07, 6.45) is 2.00. The largest absolute Gasteiger partial charge is 0.479 e.